The van der Waals surface area contributed by atoms with Crippen molar-refractivity contribution >= 4 is 17.7 Å². The monoisotopic (exact) mass is 282 g/mol. The van der Waals surface area contributed by atoms with Gasteiger partial charge in [-0.15, -0.1) is 0 Å². The summed E-state index contributed by atoms with van der Waals surface area (Å²) in [5.74, 6) is -1.95. The molecule has 0 aliphatic rings. The van der Waals surface area contributed by atoms with Gasteiger partial charge < -0.3 is 4.74 Å². The van der Waals surface area contributed by atoms with Crippen molar-refractivity contribution in [1.82, 2.24) is 0 Å². The number of carbonyl (C=O) groups is 1. The summed E-state index contributed by atoms with van der Waals surface area (Å²) in [6.45, 7) is 7.07. The Bertz CT molecular complexity index is 250. The van der Waals surface area contributed by atoms with Crippen LogP contribution in [0.2, 0.25) is 0 Å². The molecule has 0 atom stereocenters. The molecule has 0 N–H and O–H groups in total. The molecule has 0 aromatic heterocycles. The van der Waals surface area contributed by atoms with E-state index >= 15 is 0 Å². The number of halogens is 2. The lowest BCUT2D eigenvalue weighted by Crippen LogP contribution is -2.25. The topological polar surface area (TPSA) is 26.3 Å². The van der Waals surface area contributed by atoms with Gasteiger partial charge in [-0.05, 0) is 39.4 Å². The molecule has 0 aromatic rings. The highest BCUT2D eigenvalue weighted by Gasteiger charge is 2.22. The van der Waals surface area contributed by atoms with Crippen LogP contribution < -0.4 is 0 Å². The fourth-order valence-corrected chi connectivity index (χ4v) is 2.33. The van der Waals surface area contributed by atoms with E-state index in [4.69, 9.17) is 4.74 Å². The highest BCUT2D eigenvalue weighted by molar-refractivity contribution is 8.00. The average molecular weight is 282 g/mol. The molecule has 0 rings (SSSR count). The number of rotatable bonds is 9. The zero-order chi connectivity index (χ0) is 14.2. The number of thioether (sulfide) groups is 1. The molecule has 5 heteroatoms. The van der Waals surface area contributed by atoms with Crippen LogP contribution in [0.4, 0.5) is 8.78 Å². The van der Waals surface area contributed by atoms with Gasteiger partial charge in [0, 0.05) is 17.6 Å². The summed E-state index contributed by atoms with van der Waals surface area (Å²) in [5.41, 5.74) is 0. The van der Waals surface area contributed by atoms with Gasteiger partial charge in [0.25, 0.3) is 0 Å². The minimum atomic E-state index is -2.56. The average Bonchev–Trinajstić information content (AvgIpc) is 2.24. The van der Waals surface area contributed by atoms with Gasteiger partial charge in [-0.25, -0.2) is 8.78 Å². The molecule has 0 fully saturated rings. The molecular weight excluding hydrogens is 258 g/mol. The minimum Gasteiger partial charge on any atom is -0.464 e. The fraction of sp³-hybridized carbons (Fsp3) is 0.923. The van der Waals surface area contributed by atoms with Crippen LogP contribution in [0, 0.1) is 0 Å². The first kappa shape index (κ1) is 17.7. The maximum Gasteiger partial charge on any atom is 0.305 e. The van der Waals surface area contributed by atoms with Crippen LogP contribution in [-0.2, 0) is 9.53 Å². The Labute approximate surface area is 113 Å². The molecule has 0 aliphatic heterocycles. The van der Waals surface area contributed by atoms with Gasteiger partial charge in [-0.1, -0.05) is 6.92 Å². The second-order valence-electron chi connectivity index (χ2n) is 5.15. The molecule has 0 heterocycles. The maximum absolute atomic E-state index is 12.6. The predicted molar refractivity (Wildman–Crippen MR) is 72.3 cm³/mol. The van der Waals surface area contributed by atoms with Crippen LogP contribution in [0.25, 0.3) is 0 Å². The third-order valence-electron chi connectivity index (χ3n) is 2.37. The zero-order valence-corrected chi connectivity index (χ0v) is 12.5. The van der Waals surface area contributed by atoms with E-state index in [1.807, 2.05) is 13.8 Å². The summed E-state index contributed by atoms with van der Waals surface area (Å²) in [4.78, 5) is 11.0. The number of unbranched alkanes of at least 4 members (excludes halogenated alkanes) is 1. The van der Waals surface area contributed by atoms with E-state index in [-0.39, 0.29) is 17.1 Å². The summed E-state index contributed by atoms with van der Waals surface area (Å²) in [7, 11) is 0. The molecule has 0 spiro atoms. The summed E-state index contributed by atoms with van der Waals surface area (Å²) >= 11 is 1.66. The third-order valence-corrected chi connectivity index (χ3v) is 3.76. The smallest absolute Gasteiger partial charge is 0.305 e. The SMILES string of the molecule is CCC(=O)OCC(C)(C)SCCCCC(C)(F)F. The highest BCUT2D eigenvalue weighted by atomic mass is 32.2. The number of hydrogen-bond acceptors (Lipinski definition) is 3. The second-order valence-corrected chi connectivity index (χ2v) is 6.95. The highest BCUT2D eigenvalue weighted by Crippen LogP contribution is 2.27. The number of ether oxygens (including phenoxy) is 1. The van der Waals surface area contributed by atoms with Crippen LogP contribution in [0.3, 0.4) is 0 Å². The molecule has 0 saturated carbocycles. The van der Waals surface area contributed by atoms with E-state index in [2.05, 4.69) is 0 Å². The molecule has 108 valence electrons. The lowest BCUT2D eigenvalue weighted by Gasteiger charge is -2.23. The van der Waals surface area contributed by atoms with E-state index in [0.717, 1.165) is 19.1 Å². The summed E-state index contributed by atoms with van der Waals surface area (Å²) in [6.07, 6.45) is 1.62. The number of carbonyl (C=O) groups excluding carboxylic acids is 1. The van der Waals surface area contributed by atoms with Crippen molar-refractivity contribution in [2.45, 2.75) is 64.0 Å². The molecule has 18 heavy (non-hydrogen) atoms. The van der Waals surface area contributed by atoms with Crippen LogP contribution in [0.1, 0.15) is 53.4 Å². The predicted octanol–water partition coefficient (Wildman–Crippen LogP) is 4.28. The van der Waals surface area contributed by atoms with E-state index < -0.39 is 5.92 Å². The number of alkyl halides is 2. The largest absolute Gasteiger partial charge is 0.464 e. The summed E-state index contributed by atoms with van der Waals surface area (Å²) in [6, 6.07) is 0. The Balaban J connectivity index is 3.67. The van der Waals surface area contributed by atoms with Gasteiger partial charge in [-0.3, -0.25) is 4.79 Å². The van der Waals surface area contributed by atoms with Crippen molar-refractivity contribution in [2.24, 2.45) is 0 Å². The van der Waals surface area contributed by atoms with Crippen LogP contribution in [-0.4, -0.2) is 29.0 Å². The van der Waals surface area contributed by atoms with Gasteiger partial charge in [0.15, 0.2) is 0 Å². The Morgan fingerprint density at radius 1 is 1.22 bits per heavy atom. The zero-order valence-electron chi connectivity index (χ0n) is 11.7. The molecule has 2 nitrogen and oxygen atoms in total. The van der Waals surface area contributed by atoms with Crippen molar-refractivity contribution in [1.29, 1.82) is 0 Å². The molecule has 0 aromatic carbocycles. The van der Waals surface area contributed by atoms with Crippen LogP contribution >= 0.6 is 11.8 Å². The van der Waals surface area contributed by atoms with Crippen molar-refractivity contribution < 1.29 is 18.3 Å². The van der Waals surface area contributed by atoms with Gasteiger partial charge >= 0.3 is 5.97 Å². The maximum atomic E-state index is 12.6. The second kappa shape index (κ2) is 7.97. The Kier molecular flexibility index (Phi) is 7.83. The van der Waals surface area contributed by atoms with Crippen molar-refractivity contribution in [3.63, 3.8) is 0 Å². The lowest BCUT2D eigenvalue weighted by molar-refractivity contribution is -0.143. The molecule has 0 saturated heterocycles. The Morgan fingerprint density at radius 2 is 1.83 bits per heavy atom. The van der Waals surface area contributed by atoms with Crippen LogP contribution in [0.15, 0.2) is 0 Å². The van der Waals surface area contributed by atoms with Crippen LogP contribution in [0.5, 0.6) is 0 Å². The van der Waals surface area contributed by atoms with Crippen molar-refractivity contribution in [2.75, 3.05) is 12.4 Å². The normalized spacial score (nSPS) is 12.6. The summed E-state index contributed by atoms with van der Waals surface area (Å²) < 4.78 is 30.1. The first-order chi connectivity index (χ1) is 8.16. The quantitative estimate of drug-likeness (QED) is 0.466. The lowest BCUT2D eigenvalue weighted by atomic mass is 10.2. The first-order valence-corrected chi connectivity index (χ1v) is 7.32. The first-order valence-electron chi connectivity index (χ1n) is 6.34. The van der Waals surface area contributed by atoms with Gasteiger partial charge in [-0.2, -0.15) is 11.8 Å². The summed E-state index contributed by atoms with van der Waals surface area (Å²) in [5, 5.41) is 0. The van der Waals surface area contributed by atoms with E-state index in [0.29, 0.717) is 19.4 Å². The van der Waals surface area contributed by atoms with Gasteiger partial charge in [0.2, 0.25) is 5.92 Å². The fourth-order valence-electron chi connectivity index (χ4n) is 1.28. The number of hydrogen-bond donors (Lipinski definition) is 0. The third kappa shape index (κ3) is 10.8. The van der Waals surface area contributed by atoms with E-state index in [1.54, 1.807) is 18.7 Å². The standard InChI is InChI=1S/C13H24F2O2S/c1-5-11(16)17-10-12(2,3)18-9-7-6-8-13(4,14)15/h5-10H2,1-4H3. The molecule has 0 unspecified atom stereocenters. The van der Waals surface area contributed by atoms with Gasteiger partial charge in [0.1, 0.15) is 6.61 Å². The molecular formula is C13H24F2O2S. The molecule has 0 radical (unpaired) electrons. The molecule has 0 bridgehead atoms. The Hall–Kier alpha value is -0.320. The van der Waals surface area contributed by atoms with Gasteiger partial charge in [0.05, 0.1) is 0 Å². The molecule has 0 amide bonds. The van der Waals surface area contributed by atoms with E-state index in [9.17, 15) is 13.6 Å². The van der Waals surface area contributed by atoms with Crippen molar-refractivity contribution in [3.8, 4) is 0 Å². The minimum absolute atomic E-state index is 0.0567. The molecule has 0 aliphatic carbocycles. The number of esters is 1. The Morgan fingerprint density at radius 3 is 2.33 bits per heavy atom. The van der Waals surface area contributed by atoms with Crippen molar-refractivity contribution in [3.05, 3.63) is 0 Å². The van der Waals surface area contributed by atoms with E-state index in [1.165, 1.54) is 0 Å².